The highest BCUT2D eigenvalue weighted by Gasteiger charge is 2.16. The molecule has 0 unspecified atom stereocenters. The Labute approximate surface area is 169 Å². The highest BCUT2D eigenvalue weighted by atomic mass is 35.5. The van der Waals surface area contributed by atoms with Crippen molar-refractivity contribution < 1.29 is 9.53 Å². The van der Waals surface area contributed by atoms with Gasteiger partial charge in [-0.05, 0) is 42.8 Å². The molecule has 0 aliphatic rings. The topological polar surface area (TPSA) is 54.5 Å². The van der Waals surface area contributed by atoms with Gasteiger partial charge < -0.3 is 15.0 Å². The van der Waals surface area contributed by atoms with E-state index in [4.69, 9.17) is 16.3 Å². The van der Waals surface area contributed by atoms with Crippen LogP contribution in [0, 0.1) is 0 Å². The van der Waals surface area contributed by atoms with Gasteiger partial charge in [-0.2, -0.15) is 0 Å². The highest BCUT2D eigenvalue weighted by molar-refractivity contribution is 6.31. The van der Waals surface area contributed by atoms with E-state index in [2.05, 4.69) is 10.3 Å². The molecule has 0 bridgehead atoms. The van der Waals surface area contributed by atoms with Crippen LogP contribution in [0.5, 0.6) is 5.75 Å². The average Bonchev–Trinajstić information content (AvgIpc) is 2.72. The minimum absolute atomic E-state index is 0.118. The quantitative estimate of drug-likeness (QED) is 0.601. The number of carbonyl (C=O) groups excluding carboxylic acids is 1. The van der Waals surface area contributed by atoms with E-state index < -0.39 is 0 Å². The lowest BCUT2D eigenvalue weighted by Gasteiger charge is -2.21. The fraction of sp³-hybridized carbons (Fsp3) is 0.182. The maximum atomic E-state index is 13.0. The molecular weight excluding hydrogens is 374 g/mol. The number of carbonyl (C=O) groups is 1. The van der Waals surface area contributed by atoms with E-state index in [0.29, 0.717) is 29.6 Å². The third kappa shape index (κ3) is 4.81. The highest BCUT2D eigenvalue weighted by Crippen LogP contribution is 2.30. The van der Waals surface area contributed by atoms with Gasteiger partial charge in [-0.25, -0.2) is 0 Å². The summed E-state index contributed by atoms with van der Waals surface area (Å²) in [5.41, 5.74) is 2.91. The Balaban J connectivity index is 1.80. The van der Waals surface area contributed by atoms with Crippen LogP contribution in [-0.2, 0) is 6.54 Å². The molecule has 1 amide bonds. The van der Waals surface area contributed by atoms with Crippen LogP contribution in [0.1, 0.15) is 23.0 Å². The van der Waals surface area contributed by atoms with Crippen LogP contribution in [0.25, 0.3) is 0 Å². The first-order chi connectivity index (χ1) is 13.6. The summed E-state index contributed by atoms with van der Waals surface area (Å²) in [6, 6.07) is 18.8. The molecule has 3 aromatic rings. The molecule has 2 aromatic carbocycles. The van der Waals surface area contributed by atoms with E-state index in [-0.39, 0.29) is 5.91 Å². The number of rotatable bonds is 7. The van der Waals surface area contributed by atoms with Crippen LogP contribution in [0.3, 0.4) is 0 Å². The fourth-order valence-corrected chi connectivity index (χ4v) is 3.02. The number of hydrogen-bond donors (Lipinski definition) is 1. The Hall–Kier alpha value is -3.05. The van der Waals surface area contributed by atoms with Crippen molar-refractivity contribution in [1.82, 2.24) is 9.88 Å². The van der Waals surface area contributed by atoms with E-state index in [0.717, 1.165) is 16.9 Å². The third-order valence-electron chi connectivity index (χ3n) is 4.30. The number of nitrogens with one attached hydrogen (secondary N) is 1. The van der Waals surface area contributed by atoms with Crippen molar-refractivity contribution in [3.8, 4) is 5.75 Å². The number of pyridine rings is 1. The molecule has 144 valence electrons. The van der Waals surface area contributed by atoms with Crippen molar-refractivity contribution >= 4 is 28.9 Å². The lowest BCUT2D eigenvalue weighted by Crippen LogP contribution is -2.31. The van der Waals surface area contributed by atoms with Gasteiger partial charge in [0.05, 0.1) is 12.8 Å². The normalized spacial score (nSPS) is 10.4. The molecule has 1 N–H and O–H groups in total. The summed E-state index contributed by atoms with van der Waals surface area (Å²) < 4.78 is 5.36. The van der Waals surface area contributed by atoms with E-state index >= 15 is 0 Å². The van der Waals surface area contributed by atoms with Crippen molar-refractivity contribution in [2.75, 3.05) is 19.0 Å². The molecule has 1 heterocycles. The fourth-order valence-electron chi connectivity index (χ4n) is 2.85. The van der Waals surface area contributed by atoms with Crippen LogP contribution in [0.15, 0.2) is 66.9 Å². The van der Waals surface area contributed by atoms with Gasteiger partial charge in [-0.1, -0.05) is 41.9 Å². The smallest absolute Gasteiger partial charge is 0.272 e. The minimum atomic E-state index is -0.118. The summed E-state index contributed by atoms with van der Waals surface area (Å²) in [5, 5.41) is 3.84. The molecule has 0 spiro atoms. The minimum Gasteiger partial charge on any atom is -0.495 e. The molecule has 0 aliphatic carbocycles. The van der Waals surface area contributed by atoms with Gasteiger partial charge in [-0.15, -0.1) is 0 Å². The van der Waals surface area contributed by atoms with E-state index in [1.165, 1.54) is 0 Å². The molecule has 0 aliphatic heterocycles. The van der Waals surface area contributed by atoms with Gasteiger partial charge in [-0.3, -0.25) is 9.78 Å². The number of ether oxygens (including phenoxy) is 1. The predicted molar refractivity (Wildman–Crippen MR) is 112 cm³/mol. The average molecular weight is 396 g/mol. The van der Waals surface area contributed by atoms with Crippen LogP contribution in [0.2, 0.25) is 5.02 Å². The Morgan fingerprint density at radius 2 is 1.93 bits per heavy atom. The molecular formula is C22H22ClN3O2. The standard InChI is InChI=1S/C22H22ClN3O2/c1-3-26(15-16-7-5-4-6-8-16)22(27)20-14-18(11-12-24-20)25-19-13-17(23)9-10-21(19)28-2/h4-14H,3,15H2,1-2H3,(H,24,25). The molecule has 28 heavy (non-hydrogen) atoms. The summed E-state index contributed by atoms with van der Waals surface area (Å²) in [6.45, 7) is 3.09. The van der Waals surface area contributed by atoms with E-state index in [1.54, 1.807) is 48.5 Å². The van der Waals surface area contributed by atoms with Gasteiger partial charge in [0.2, 0.25) is 0 Å². The molecule has 1 aromatic heterocycles. The van der Waals surface area contributed by atoms with E-state index in [1.807, 2.05) is 37.3 Å². The second-order valence-electron chi connectivity index (χ2n) is 6.20. The lowest BCUT2D eigenvalue weighted by atomic mass is 10.2. The molecule has 0 saturated carbocycles. The number of nitrogens with zero attached hydrogens (tertiary/aromatic N) is 2. The Bertz CT molecular complexity index is 948. The third-order valence-corrected chi connectivity index (χ3v) is 4.54. The first kappa shape index (κ1) is 19.7. The van der Waals surface area contributed by atoms with Crippen molar-refractivity contribution in [2.45, 2.75) is 13.5 Å². The zero-order chi connectivity index (χ0) is 19.9. The largest absolute Gasteiger partial charge is 0.495 e. The number of halogens is 1. The summed E-state index contributed by atoms with van der Waals surface area (Å²) in [5.74, 6) is 0.543. The Morgan fingerprint density at radius 1 is 1.14 bits per heavy atom. The summed E-state index contributed by atoms with van der Waals surface area (Å²) in [7, 11) is 1.60. The van der Waals surface area contributed by atoms with Crippen LogP contribution < -0.4 is 10.1 Å². The molecule has 0 saturated heterocycles. The Morgan fingerprint density at radius 3 is 2.64 bits per heavy atom. The summed E-state index contributed by atoms with van der Waals surface area (Å²) in [6.07, 6.45) is 1.61. The van der Waals surface area contributed by atoms with Crippen LogP contribution >= 0.6 is 11.6 Å². The van der Waals surface area contributed by atoms with Crippen molar-refractivity contribution in [2.24, 2.45) is 0 Å². The molecule has 6 heteroatoms. The number of aromatic nitrogens is 1. The van der Waals surface area contributed by atoms with Gasteiger partial charge in [0, 0.05) is 30.0 Å². The second kappa shape index (κ2) is 9.24. The number of benzene rings is 2. The number of amides is 1. The number of anilines is 2. The van der Waals surface area contributed by atoms with Gasteiger partial charge in [0.15, 0.2) is 0 Å². The predicted octanol–water partition coefficient (Wildman–Crippen LogP) is 5.15. The Kier molecular flexibility index (Phi) is 6.50. The molecule has 3 rings (SSSR count). The first-order valence-corrected chi connectivity index (χ1v) is 9.38. The van der Waals surface area contributed by atoms with Gasteiger partial charge in [0.25, 0.3) is 5.91 Å². The lowest BCUT2D eigenvalue weighted by molar-refractivity contribution is 0.0746. The maximum absolute atomic E-state index is 13.0. The van der Waals surface area contributed by atoms with E-state index in [9.17, 15) is 4.79 Å². The maximum Gasteiger partial charge on any atom is 0.272 e. The van der Waals surface area contributed by atoms with Crippen molar-refractivity contribution in [3.63, 3.8) is 0 Å². The molecule has 0 radical (unpaired) electrons. The zero-order valence-corrected chi connectivity index (χ0v) is 16.6. The zero-order valence-electron chi connectivity index (χ0n) is 15.9. The molecule has 0 fully saturated rings. The van der Waals surface area contributed by atoms with Gasteiger partial charge in [0.1, 0.15) is 11.4 Å². The van der Waals surface area contributed by atoms with Crippen molar-refractivity contribution in [3.05, 3.63) is 83.1 Å². The molecule has 0 atom stereocenters. The SMILES string of the molecule is CCN(Cc1ccccc1)C(=O)c1cc(Nc2cc(Cl)ccc2OC)ccn1. The van der Waals surface area contributed by atoms with Crippen LogP contribution in [-0.4, -0.2) is 29.4 Å². The van der Waals surface area contributed by atoms with Crippen LogP contribution in [0.4, 0.5) is 11.4 Å². The van der Waals surface area contributed by atoms with Crippen molar-refractivity contribution in [1.29, 1.82) is 0 Å². The monoisotopic (exact) mass is 395 g/mol. The van der Waals surface area contributed by atoms with Gasteiger partial charge >= 0.3 is 0 Å². The number of hydrogen-bond acceptors (Lipinski definition) is 4. The summed E-state index contributed by atoms with van der Waals surface area (Å²) in [4.78, 5) is 19.0. The molecule has 5 nitrogen and oxygen atoms in total. The number of methoxy groups -OCH3 is 1. The summed E-state index contributed by atoms with van der Waals surface area (Å²) >= 11 is 6.09. The second-order valence-corrected chi connectivity index (χ2v) is 6.64. The first-order valence-electron chi connectivity index (χ1n) is 9.00.